The predicted octanol–water partition coefficient (Wildman–Crippen LogP) is 3.29. The van der Waals surface area contributed by atoms with E-state index in [1.165, 1.54) is 6.07 Å². The first-order chi connectivity index (χ1) is 8.59. The maximum Gasteiger partial charge on any atom is 0.254 e. The van der Waals surface area contributed by atoms with E-state index in [1.807, 2.05) is 24.4 Å². The van der Waals surface area contributed by atoms with E-state index in [1.54, 1.807) is 41.5 Å². The quantitative estimate of drug-likeness (QED) is 0.921. The molecule has 1 heterocycles. The monoisotopic (exact) mass is 261 g/mol. The number of aromatic hydroxyl groups is 1. The van der Waals surface area contributed by atoms with Crippen molar-refractivity contribution in [2.75, 3.05) is 7.05 Å². The third kappa shape index (κ3) is 2.54. The zero-order valence-corrected chi connectivity index (χ0v) is 11.1. The van der Waals surface area contributed by atoms with E-state index in [0.717, 1.165) is 4.88 Å². The zero-order valence-electron chi connectivity index (χ0n) is 10.3. The molecule has 0 fully saturated rings. The maximum absolute atomic E-state index is 12.3. The van der Waals surface area contributed by atoms with Gasteiger partial charge in [-0.25, -0.2) is 0 Å². The van der Waals surface area contributed by atoms with Crippen molar-refractivity contribution < 1.29 is 9.90 Å². The normalized spacial score (nSPS) is 12.1. The van der Waals surface area contributed by atoms with Crippen molar-refractivity contribution in [2.45, 2.75) is 13.0 Å². The minimum absolute atomic E-state index is 0.0276. The largest absolute Gasteiger partial charge is 0.508 e. The van der Waals surface area contributed by atoms with Crippen LogP contribution in [0.5, 0.6) is 5.75 Å². The molecule has 1 amide bonds. The fourth-order valence-electron chi connectivity index (χ4n) is 1.74. The Kier molecular flexibility index (Phi) is 3.67. The first kappa shape index (κ1) is 12.6. The molecule has 2 aromatic rings. The summed E-state index contributed by atoms with van der Waals surface area (Å²) in [5.74, 6) is 0.0184. The fourth-order valence-corrected chi connectivity index (χ4v) is 2.56. The van der Waals surface area contributed by atoms with E-state index >= 15 is 0 Å². The average Bonchev–Trinajstić information content (AvgIpc) is 2.90. The highest BCUT2D eigenvalue weighted by Crippen LogP contribution is 2.25. The van der Waals surface area contributed by atoms with Gasteiger partial charge in [-0.05, 0) is 36.6 Å². The van der Waals surface area contributed by atoms with Crippen LogP contribution < -0.4 is 0 Å². The number of nitrogens with zero attached hydrogens (tertiary/aromatic N) is 1. The summed E-state index contributed by atoms with van der Waals surface area (Å²) in [4.78, 5) is 15.1. The molecule has 1 aromatic heterocycles. The Labute approximate surface area is 110 Å². The third-order valence-corrected chi connectivity index (χ3v) is 3.99. The van der Waals surface area contributed by atoms with Gasteiger partial charge in [0.15, 0.2) is 0 Å². The van der Waals surface area contributed by atoms with Crippen LogP contribution in [0.25, 0.3) is 0 Å². The summed E-state index contributed by atoms with van der Waals surface area (Å²) >= 11 is 1.63. The molecule has 18 heavy (non-hydrogen) atoms. The predicted molar refractivity (Wildman–Crippen MR) is 72.9 cm³/mol. The molecule has 0 aliphatic rings. The SMILES string of the molecule is CC(c1cccs1)N(C)C(=O)c1cccc(O)c1. The van der Waals surface area contributed by atoms with Crippen molar-refractivity contribution in [1.29, 1.82) is 0 Å². The summed E-state index contributed by atoms with van der Waals surface area (Å²) in [5.41, 5.74) is 0.501. The van der Waals surface area contributed by atoms with E-state index in [2.05, 4.69) is 0 Å². The van der Waals surface area contributed by atoms with Gasteiger partial charge in [-0.3, -0.25) is 4.79 Å². The van der Waals surface area contributed by atoms with Gasteiger partial charge in [0.2, 0.25) is 0 Å². The number of phenolic OH excluding ortho intramolecular Hbond substituents is 1. The highest BCUT2D eigenvalue weighted by atomic mass is 32.1. The molecule has 4 heteroatoms. The van der Waals surface area contributed by atoms with Crippen LogP contribution in [0.3, 0.4) is 0 Å². The Morgan fingerprint density at radius 1 is 1.33 bits per heavy atom. The van der Waals surface area contributed by atoms with Crippen LogP contribution in [0, 0.1) is 0 Å². The molecular weight excluding hydrogens is 246 g/mol. The van der Waals surface area contributed by atoms with Crippen molar-refractivity contribution in [2.24, 2.45) is 0 Å². The summed E-state index contributed by atoms with van der Waals surface area (Å²) in [6.07, 6.45) is 0. The van der Waals surface area contributed by atoms with Gasteiger partial charge in [0.05, 0.1) is 6.04 Å². The standard InChI is InChI=1S/C14H15NO2S/c1-10(13-7-4-8-18-13)15(2)14(17)11-5-3-6-12(16)9-11/h3-10,16H,1-2H3. The fraction of sp³-hybridized carbons (Fsp3) is 0.214. The molecule has 2 rings (SSSR count). The average molecular weight is 261 g/mol. The molecule has 0 bridgehead atoms. The van der Waals surface area contributed by atoms with Gasteiger partial charge in [0.25, 0.3) is 5.91 Å². The molecule has 1 atom stereocenters. The molecule has 1 aromatic carbocycles. The summed E-state index contributed by atoms with van der Waals surface area (Å²) in [7, 11) is 1.77. The van der Waals surface area contributed by atoms with Gasteiger partial charge in [-0.15, -0.1) is 11.3 Å². The lowest BCUT2D eigenvalue weighted by Crippen LogP contribution is -2.29. The van der Waals surface area contributed by atoms with Crippen LogP contribution >= 0.6 is 11.3 Å². The van der Waals surface area contributed by atoms with Gasteiger partial charge in [0, 0.05) is 17.5 Å². The highest BCUT2D eigenvalue weighted by molar-refractivity contribution is 7.10. The van der Waals surface area contributed by atoms with Gasteiger partial charge in [-0.2, -0.15) is 0 Å². The summed E-state index contributed by atoms with van der Waals surface area (Å²) in [6.45, 7) is 1.99. The molecule has 0 saturated carbocycles. The molecule has 3 nitrogen and oxygen atoms in total. The lowest BCUT2D eigenvalue weighted by atomic mass is 10.1. The van der Waals surface area contributed by atoms with Gasteiger partial charge < -0.3 is 10.0 Å². The Balaban J connectivity index is 2.19. The topological polar surface area (TPSA) is 40.5 Å². The second-order valence-electron chi connectivity index (χ2n) is 4.16. The first-order valence-corrected chi connectivity index (χ1v) is 6.57. The van der Waals surface area contributed by atoms with E-state index in [0.29, 0.717) is 5.56 Å². The van der Waals surface area contributed by atoms with Crippen LogP contribution in [0.1, 0.15) is 28.2 Å². The van der Waals surface area contributed by atoms with Crippen molar-refractivity contribution >= 4 is 17.2 Å². The smallest absolute Gasteiger partial charge is 0.254 e. The van der Waals surface area contributed by atoms with Crippen molar-refractivity contribution in [3.63, 3.8) is 0 Å². The number of hydrogen-bond donors (Lipinski definition) is 1. The van der Waals surface area contributed by atoms with E-state index < -0.39 is 0 Å². The molecule has 0 radical (unpaired) electrons. The highest BCUT2D eigenvalue weighted by Gasteiger charge is 2.19. The molecule has 0 saturated heterocycles. The van der Waals surface area contributed by atoms with Crippen molar-refractivity contribution in [3.8, 4) is 5.75 Å². The second kappa shape index (κ2) is 5.23. The lowest BCUT2D eigenvalue weighted by molar-refractivity contribution is 0.0744. The Hall–Kier alpha value is -1.81. The number of phenols is 1. The summed E-state index contributed by atoms with van der Waals surface area (Å²) in [5, 5.41) is 11.4. The molecule has 0 aliphatic heterocycles. The van der Waals surface area contributed by atoms with Gasteiger partial charge in [-0.1, -0.05) is 12.1 Å². The zero-order chi connectivity index (χ0) is 13.1. The third-order valence-electron chi connectivity index (χ3n) is 2.95. The van der Waals surface area contributed by atoms with Crippen LogP contribution in [-0.2, 0) is 0 Å². The lowest BCUT2D eigenvalue weighted by Gasteiger charge is -2.24. The number of thiophene rings is 1. The maximum atomic E-state index is 12.3. The molecule has 0 spiro atoms. The van der Waals surface area contributed by atoms with E-state index in [9.17, 15) is 9.90 Å². The molecule has 0 aliphatic carbocycles. The summed E-state index contributed by atoms with van der Waals surface area (Å²) in [6, 6.07) is 10.4. The second-order valence-corrected chi connectivity index (χ2v) is 5.14. The molecule has 94 valence electrons. The van der Waals surface area contributed by atoms with Gasteiger partial charge in [0.1, 0.15) is 5.75 Å². The molecule has 1 unspecified atom stereocenters. The Morgan fingerprint density at radius 3 is 2.72 bits per heavy atom. The first-order valence-electron chi connectivity index (χ1n) is 5.69. The van der Waals surface area contributed by atoms with Crippen molar-refractivity contribution in [3.05, 3.63) is 52.2 Å². The minimum atomic E-state index is -0.0909. The van der Waals surface area contributed by atoms with Crippen molar-refractivity contribution in [1.82, 2.24) is 4.90 Å². The minimum Gasteiger partial charge on any atom is -0.508 e. The van der Waals surface area contributed by atoms with Crippen LogP contribution in [0.15, 0.2) is 41.8 Å². The molecular formula is C14H15NO2S. The summed E-state index contributed by atoms with van der Waals surface area (Å²) < 4.78 is 0. The van der Waals surface area contributed by atoms with Crippen LogP contribution in [-0.4, -0.2) is 23.0 Å². The number of carbonyl (C=O) groups excluding carboxylic acids is 1. The van der Waals surface area contributed by atoms with E-state index in [4.69, 9.17) is 0 Å². The van der Waals surface area contributed by atoms with Gasteiger partial charge >= 0.3 is 0 Å². The number of hydrogen-bond acceptors (Lipinski definition) is 3. The van der Waals surface area contributed by atoms with E-state index in [-0.39, 0.29) is 17.7 Å². The Morgan fingerprint density at radius 2 is 2.11 bits per heavy atom. The Bertz CT molecular complexity index is 536. The van der Waals surface area contributed by atoms with Crippen LogP contribution in [0.4, 0.5) is 0 Å². The molecule has 1 N–H and O–H groups in total. The van der Waals surface area contributed by atoms with Crippen LogP contribution in [0.2, 0.25) is 0 Å². The number of amides is 1. The number of benzene rings is 1. The number of carbonyl (C=O) groups is 1. The number of rotatable bonds is 3.